The van der Waals surface area contributed by atoms with E-state index in [2.05, 4.69) is 4.98 Å². The standard InChI is InChI=1S/C13H16N2O2/c1-9-5-12(17-13(9)6-14)8-16-11-4-3-10(2)15-7-11/h3-5,7H,6,8,14H2,1-2H3. The molecular formula is C13H16N2O2. The zero-order valence-electron chi connectivity index (χ0n) is 10.1. The van der Waals surface area contributed by atoms with Crippen LogP contribution in [0.15, 0.2) is 28.8 Å². The zero-order valence-corrected chi connectivity index (χ0v) is 10.1. The predicted molar refractivity (Wildman–Crippen MR) is 64.6 cm³/mol. The Morgan fingerprint density at radius 3 is 2.76 bits per heavy atom. The number of aryl methyl sites for hydroxylation is 2. The molecule has 0 saturated carbocycles. The van der Waals surface area contributed by atoms with Gasteiger partial charge in [-0.2, -0.15) is 0 Å². The molecule has 0 radical (unpaired) electrons. The lowest BCUT2D eigenvalue weighted by Crippen LogP contribution is -1.96. The van der Waals surface area contributed by atoms with Crippen molar-refractivity contribution < 1.29 is 9.15 Å². The third-order valence-electron chi connectivity index (χ3n) is 2.52. The molecule has 2 aromatic heterocycles. The molecular weight excluding hydrogens is 216 g/mol. The number of nitrogens with two attached hydrogens (primary N) is 1. The summed E-state index contributed by atoms with van der Waals surface area (Å²) in [4.78, 5) is 4.15. The normalized spacial score (nSPS) is 10.5. The minimum atomic E-state index is 0.394. The van der Waals surface area contributed by atoms with E-state index in [4.69, 9.17) is 14.9 Å². The molecule has 2 rings (SSSR count). The van der Waals surface area contributed by atoms with Crippen LogP contribution in [0.25, 0.3) is 0 Å². The van der Waals surface area contributed by atoms with Gasteiger partial charge in [-0.3, -0.25) is 4.98 Å². The first-order valence-electron chi connectivity index (χ1n) is 5.52. The van der Waals surface area contributed by atoms with Crippen molar-refractivity contribution in [3.8, 4) is 5.75 Å². The molecule has 0 unspecified atom stereocenters. The van der Waals surface area contributed by atoms with E-state index >= 15 is 0 Å². The molecule has 0 bridgehead atoms. The fourth-order valence-electron chi connectivity index (χ4n) is 1.56. The van der Waals surface area contributed by atoms with Crippen molar-refractivity contribution in [1.82, 2.24) is 4.98 Å². The Bertz CT molecular complexity index is 489. The number of nitrogens with zero attached hydrogens (tertiary/aromatic N) is 1. The number of rotatable bonds is 4. The van der Waals surface area contributed by atoms with Crippen molar-refractivity contribution >= 4 is 0 Å². The van der Waals surface area contributed by atoms with Gasteiger partial charge in [-0.1, -0.05) is 0 Å². The molecule has 0 atom stereocenters. The minimum absolute atomic E-state index is 0.394. The number of aromatic nitrogens is 1. The van der Waals surface area contributed by atoms with Crippen LogP contribution >= 0.6 is 0 Å². The van der Waals surface area contributed by atoms with Crippen LogP contribution in [0.5, 0.6) is 5.75 Å². The summed E-state index contributed by atoms with van der Waals surface area (Å²) in [6.07, 6.45) is 1.70. The molecule has 17 heavy (non-hydrogen) atoms. The first-order chi connectivity index (χ1) is 8.19. The lowest BCUT2D eigenvalue weighted by Gasteiger charge is -2.03. The average Bonchev–Trinajstić information content (AvgIpc) is 2.69. The highest BCUT2D eigenvalue weighted by Gasteiger charge is 2.06. The van der Waals surface area contributed by atoms with Crippen molar-refractivity contribution in [2.24, 2.45) is 5.73 Å². The molecule has 4 heteroatoms. The van der Waals surface area contributed by atoms with Gasteiger partial charge in [-0.05, 0) is 37.6 Å². The third-order valence-corrected chi connectivity index (χ3v) is 2.52. The Hall–Kier alpha value is -1.81. The number of pyridine rings is 1. The quantitative estimate of drug-likeness (QED) is 0.878. The Balaban J connectivity index is 1.99. The highest BCUT2D eigenvalue weighted by atomic mass is 16.5. The van der Waals surface area contributed by atoms with Crippen molar-refractivity contribution in [1.29, 1.82) is 0 Å². The second kappa shape index (κ2) is 5.01. The van der Waals surface area contributed by atoms with Crippen molar-refractivity contribution in [2.75, 3.05) is 0 Å². The summed E-state index contributed by atoms with van der Waals surface area (Å²) in [5.74, 6) is 2.33. The SMILES string of the molecule is Cc1ccc(OCc2cc(C)c(CN)o2)cn1. The first-order valence-corrected chi connectivity index (χ1v) is 5.52. The molecule has 90 valence electrons. The third kappa shape index (κ3) is 2.85. The van der Waals surface area contributed by atoms with E-state index in [9.17, 15) is 0 Å². The Kier molecular flexibility index (Phi) is 3.44. The van der Waals surface area contributed by atoms with E-state index in [1.54, 1.807) is 6.20 Å². The van der Waals surface area contributed by atoms with Crippen LogP contribution in [0.4, 0.5) is 0 Å². The van der Waals surface area contributed by atoms with Crippen molar-refractivity contribution in [3.05, 3.63) is 47.2 Å². The lowest BCUT2D eigenvalue weighted by molar-refractivity contribution is 0.265. The van der Waals surface area contributed by atoms with Gasteiger partial charge in [0.25, 0.3) is 0 Å². The molecule has 2 N–H and O–H groups in total. The largest absolute Gasteiger partial charge is 0.484 e. The van der Waals surface area contributed by atoms with Gasteiger partial charge in [0.15, 0.2) is 0 Å². The van der Waals surface area contributed by atoms with E-state index in [1.807, 2.05) is 32.0 Å². The second-order valence-electron chi connectivity index (χ2n) is 3.95. The fourth-order valence-corrected chi connectivity index (χ4v) is 1.56. The first kappa shape index (κ1) is 11.7. The molecule has 0 aliphatic rings. The molecule has 0 aromatic carbocycles. The van der Waals surface area contributed by atoms with Gasteiger partial charge < -0.3 is 14.9 Å². The molecule has 0 aliphatic carbocycles. The van der Waals surface area contributed by atoms with Gasteiger partial charge in [0, 0.05) is 5.69 Å². The lowest BCUT2D eigenvalue weighted by atomic mass is 10.3. The average molecular weight is 232 g/mol. The van der Waals surface area contributed by atoms with Crippen LogP contribution in [0, 0.1) is 13.8 Å². The maximum atomic E-state index is 5.56. The van der Waals surface area contributed by atoms with Crippen LogP contribution in [0.1, 0.15) is 22.8 Å². The molecule has 2 heterocycles. The second-order valence-corrected chi connectivity index (χ2v) is 3.95. The molecule has 2 aromatic rings. The van der Waals surface area contributed by atoms with E-state index < -0.39 is 0 Å². The minimum Gasteiger partial charge on any atom is -0.484 e. The Morgan fingerprint density at radius 1 is 1.35 bits per heavy atom. The topological polar surface area (TPSA) is 61.3 Å². The van der Waals surface area contributed by atoms with Gasteiger partial charge in [0.2, 0.25) is 0 Å². The summed E-state index contributed by atoms with van der Waals surface area (Å²) < 4.78 is 11.1. The highest BCUT2D eigenvalue weighted by Crippen LogP contribution is 2.16. The number of hydrogen-bond donors (Lipinski definition) is 1. The van der Waals surface area contributed by atoms with Crippen molar-refractivity contribution in [3.63, 3.8) is 0 Å². The number of ether oxygens (including phenoxy) is 1. The molecule has 0 saturated heterocycles. The zero-order chi connectivity index (χ0) is 12.3. The van der Waals surface area contributed by atoms with Crippen LogP contribution in [0.2, 0.25) is 0 Å². The van der Waals surface area contributed by atoms with Crippen molar-refractivity contribution in [2.45, 2.75) is 27.0 Å². The predicted octanol–water partition coefficient (Wildman–Crippen LogP) is 2.33. The number of hydrogen-bond acceptors (Lipinski definition) is 4. The van der Waals surface area contributed by atoms with Gasteiger partial charge >= 0.3 is 0 Å². The van der Waals surface area contributed by atoms with E-state index in [0.717, 1.165) is 28.5 Å². The van der Waals surface area contributed by atoms with Crippen LogP contribution < -0.4 is 10.5 Å². The van der Waals surface area contributed by atoms with Crippen LogP contribution in [-0.4, -0.2) is 4.98 Å². The summed E-state index contributed by atoms with van der Waals surface area (Å²) in [7, 11) is 0. The van der Waals surface area contributed by atoms with E-state index in [0.29, 0.717) is 13.2 Å². The van der Waals surface area contributed by atoms with Crippen LogP contribution in [0.3, 0.4) is 0 Å². The summed E-state index contributed by atoms with van der Waals surface area (Å²) >= 11 is 0. The van der Waals surface area contributed by atoms with E-state index in [-0.39, 0.29) is 0 Å². The highest BCUT2D eigenvalue weighted by molar-refractivity contribution is 5.22. The molecule has 0 amide bonds. The maximum absolute atomic E-state index is 5.56. The van der Waals surface area contributed by atoms with Gasteiger partial charge in [-0.15, -0.1) is 0 Å². The molecule has 0 aliphatic heterocycles. The van der Waals surface area contributed by atoms with Gasteiger partial charge in [0.1, 0.15) is 23.9 Å². The summed E-state index contributed by atoms with van der Waals surface area (Å²) in [5.41, 5.74) is 7.58. The Labute approximate surface area is 100 Å². The maximum Gasteiger partial charge on any atom is 0.146 e. The number of furan rings is 1. The van der Waals surface area contributed by atoms with Gasteiger partial charge in [0.05, 0.1) is 12.7 Å². The molecule has 4 nitrogen and oxygen atoms in total. The molecule has 0 fully saturated rings. The van der Waals surface area contributed by atoms with Gasteiger partial charge in [-0.25, -0.2) is 0 Å². The summed E-state index contributed by atoms with van der Waals surface area (Å²) in [6, 6.07) is 5.75. The summed E-state index contributed by atoms with van der Waals surface area (Å²) in [5, 5.41) is 0. The summed E-state index contributed by atoms with van der Waals surface area (Å²) in [6.45, 7) is 4.72. The Morgan fingerprint density at radius 2 is 2.18 bits per heavy atom. The van der Waals surface area contributed by atoms with Crippen LogP contribution in [-0.2, 0) is 13.2 Å². The molecule has 0 spiro atoms. The monoisotopic (exact) mass is 232 g/mol. The van der Waals surface area contributed by atoms with E-state index in [1.165, 1.54) is 0 Å². The fraction of sp³-hybridized carbons (Fsp3) is 0.308. The smallest absolute Gasteiger partial charge is 0.146 e.